The minimum absolute atomic E-state index is 0.150. The summed E-state index contributed by atoms with van der Waals surface area (Å²) < 4.78 is 63.0. The number of nitrogens with zero attached hydrogens (tertiary/aromatic N) is 1. The third-order valence-electron chi connectivity index (χ3n) is 1.79. The summed E-state index contributed by atoms with van der Waals surface area (Å²) in [5.74, 6) is 0. The van der Waals surface area contributed by atoms with Gasteiger partial charge in [-0.1, -0.05) is 15.9 Å². The van der Waals surface area contributed by atoms with Crippen LogP contribution >= 0.6 is 38.5 Å². The zero-order chi connectivity index (χ0) is 12.5. The molecule has 1 aromatic rings. The number of aromatic nitrogens is 1. The highest BCUT2D eigenvalue weighted by atomic mass is 127. The van der Waals surface area contributed by atoms with E-state index in [1.165, 1.54) is 0 Å². The van der Waals surface area contributed by atoms with Crippen LogP contribution in [0.15, 0.2) is 6.20 Å². The third kappa shape index (κ3) is 2.82. The molecule has 0 bridgehead atoms. The normalized spacial score (nSPS) is 12.2. The largest absolute Gasteiger partial charge is 0.418 e. The fourth-order valence-electron chi connectivity index (χ4n) is 1.16. The minimum atomic E-state index is -4.83. The van der Waals surface area contributed by atoms with E-state index in [2.05, 4.69) is 20.9 Å². The molecule has 0 aliphatic rings. The van der Waals surface area contributed by atoms with Gasteiger partial charge in [0.1, 0.15) is 5.69 Å². The Hall–Kier alpha value is 0.01000. The van der Waals surface area contributed by atoms with Crippen molar-refractivity contribution in [1.82, 2.24) is 4.98 Å². The van der Waals surface area contributed by atoms with Gasteiger partial charge in [-0.3, -0.25) is 4.98 Å². The first kappa shape index (κ1) is 14.1. The molecule has 1 rings (SSSR count). The van der Waals surface area contributed by atoms with Crippen molar-refractivity contribution in [2.24, 2.45) is 0 Å². The second-order valence-electron chi connectivity index (χ2n) is 2.78. The summed E-state index contributed by atoms with van der Waals surface area (Å²) in [5, 5.41) is -0.150. The molecule has 0 unspecified atom stereocenters. The van der Waals surface area contributed by atoms with Gasteiger partial charge < -0.3 is 0 Å². The second-order valence-corrected chi connectivity index (χ2v) is 4.50. The monoisotopic (exact) mass is 415 g/mol. The average molecular weight is 416 g/mol. The predicted octanol–water partition coefficient (Wildman–Crippen LogP) is 4.54. The molecule has 0 spiro atoms. The van der Waals surface area contributed by atoms with Crippen molar-refractivity contribution in [1.29, 1.82) is 0 Å². The number of hydrogen-bond acceptors (Lipinski definition) is 1. The molecule has 16 heavy (non-hydrogen) atoms. The van der Waals surface area contributed by atoms with Crippen LogP contribution in [0.4, 0.5) is 22.0 Å². The highest BCUT2D eigenvalue weighted by molar-refractivity contribution is 14.1. The quantitative estimate of drug-likeness (QED) is 0.392. The lowest BCUT2D eigenvalue weighted by Crippen LogP contribution is -2.15. The van der Waals surface area contributed by atoms with Crippen LogP contribution in [-0.2, 0) is 11.5 Å². The van der Waals surface area contributed by atoms with E-state index in [1.807, 2.05) is 0 Å². The van der Waals surface area contributed by atoms with Gasteiger partial charge in [-0.05, 0) is 28.2 Å². The molecule has 0 fully saturated rings. The standard InChI is InChI=1S/C8H4BrF5IN/c9-1-3-4(15)2-16-6(7(10)11)5(3)8(12,13)14/h2,7H,1H2. The van der Waals surface area contributed by atoms with Crippen molar-refractivity contribution in [3.63, 3.8) is 0 Å². The van der Waals surface area contributed by atoms with E-state index in [1.54, 1.807) is 22.6 Å². The summed E-state index contributed by atoms with van der Waals surface area (Å²) in [6.45, 7) is 0. The van der Waals surface area contributed by atoms with E-state index in [4.69, 9.17) is 0 Å². The van der Waals surface area contributed by atoms with Crippen LogP contribution in [-0.4, -0.2) is 4.98 Å². The molecule has 1 nitrogen and oxygen atoms in total. The Morgan fingerprint density at radius 3 is 2.31 bits per heavy atom. The maximum Gasteiger partial charge on any atom is 0.418 e. The molecule has 90 valence electrons. The van der Waals surface area contributed by atoms with Crippen molar-refractivity contribution in [2.45, 2.75) is 17.9 Å². The summed E-state index contributed by atoms with van der Waals surface area (Å²) in [6, 6.07) is 0. The molecular weight excluding hydrogens is 412 g/mol. The van der Waals surface area contributed by atoms with Gasteiger partial charge in [-0.15, -0.1) is 0 Å². The Morgan fingerprint density at radius 1 is 1.38 bits per heavy atom. The molecular formula is C8H4BrF5IN. The third-order valence-corrected chi connectivity index (χ3v) is 3.28. The van der Waals surface area contributed by atoms with Crippen molar-refractivity contribution < 1.29 is 22.0 Å². The molecule has 0 saturated heterocycles. The molecule has 1 aromatic heterocycles. The molecule has 0 aliphatic carbocycles. The molecule has 1 heterocycles. The van der Waals surface area contributed by atoms with E-state index < -0.39 is 23.9 Å². The summed E-state index contributed by atoms with van der Waals surface area (Å²) in [6.07, 6.45) is -7.07. The SMILES string of the molecule is FC(F)c1ncc(I)c(CBr)c1C(F)(F)F. The van der Waals surface area contributed by atoms with Gasteiger partial charge in [-0.25, -0.2) is 8.78 Å². The molecule has 0 N–H and O–H groups in total. The smallest absolute Gasteiger partial charge is 0.254 e. The van der Waals surface area contributed by atoms with Gasteiger partial charge in [0.05, 0.1) is 5.56 Å². The molecule has 0 aliphatic heterocycles. The van der Waals surface area contributed by atoms with Gasteiger partial charge in [0.15, 0.2) is 0 Å². The van der Waals surface area contributed by atoms with E-state index in [9.17, 15) is 22.0 Å². The number of hydrogen-bond donors (Lipinski definition) is 0. The molecule has 8 heteroatoms. The van der Waals surface area contributed by atoms with Crippen LogP contribution in [0.2, 0.25) is 0 Å². The lowest BCUT2D eigenvalue weighted by atomic mass is 10.1. The summed E-state index contributed by atoms with van der Waals surface area (Å²) in [5.41, 5.74) is -2.77. The van der Waals surface area contributed by atoms with Crippen molar-refractivity contribution >= 4 is 38.5 Å². The Labute approximate surface area is 110 Å². The summed E-state index contributed by atoms with van der Waals surface area (Å²) >= 11 is 4.49. The number of halogens is 7. The Morgan fingerprint density at radius 2 is 1.94 bits per heavy atom. The van der Waals surface area contributed by atoms with Gasteiger partial charge in [-0.2, -0.15) is 13.2 Å². The van der Waals surface area contributed by atoms with E-state index >= 15 is 0 Å². The van der Waals surface area contributed by atoms with Crippen LogP contribution in [0.3, 0.4) is 0 Å². The summed E-state index contributed by atoms with van der Waals surface area (Å²) in [4.78, 5) is 3.15. The topological polar surface area (TPSA) is 12.9 Å². The maximum atomic E-state index is 12.6. The van der Waals surface area contributed by atoms with Crippen molar-refractivity contribution in [3.05, 3.63) is 26.6 Å². The number of rotatable bonds is 2. The fourth-order valence-corrected chi connectivity index (χ4v) is 2.86. The Bertz CT molecular complexity index is 393. The average Bonchev–Trinajstić information content (AvgIpc) is 2.15. The molecule has 0 atom stereocenters. The number of alkyl halides is 6. The zero-order valence-electron chi connectivity index (χ0n) is 7.45. The van der Waals surface area contributed by atoms with Crippen LogP contribution < -0.4 is 0 Å². The van der Waals surface area contributed by atoms with Crippen LogP contribution in [0.5, 0.6) is 0 Å². The minimum Gasteiger partial charge on any atom is -0.254 e. The van der Waals surface area contributed by atoms with E-state index in [-0.39, 0.29) is 14.5 Å². The first-order valence-electron chi connectivity index (χ1n) is 3.87. The van der Waals surface area contributed by atoms with Crippen molar-refractivity contribution in [3.8, 4) is 0 Å². The first-order chi connectivity index (χ1) is 7.29. The van der Waals surface area contributed by atoms with E-state index in [0.29, 0.717) is 0 Å². The highest BCUT2D eigenvalue weighted by Crippen LogP contribution is 2.39. The van der Waals surface area contributed by atoms with Gasteiger partial charge in [0, 0.05) is 15.1 Å². The molecule has 0 amide bonds. The first-order valence-corrected chi connectivity index (χ1v) is 6.07. The summed E-state index contributed by atoms with van der Waals surface area (Å²) in [7, 11) is 0. The highest BCUT2D eigenvalue weighted by Gasteiger charge is 2.39. The molecule has 0 aromatic carbocycles. The van der Waals surface area contributed by atoms with Gasteiger partial charge in [0.25, 0.3) is 6.43 Å². The Balaban J connectivity index is 3.54. The van der Waals surface area contributed by atoms with Gasteiger partial charge >= 0.3 is 6.18 Å². The van der Waals surface area contributed by atoms with E-state index in [0.717, 1.165) is 6.20 Å². The zero-order valence-corrected chi connectivity index (χ0v) is 11.2. The predicted molar refractivity (Wildman–Crippen MR) is 59.5 cm³/mol. The van der Waals surface area contributed by atoms with Crippen LogP contribution in [0.1, 0.15) is 23.2 Å². The van der Waals surface area contributed by atoms with Gasteiger partial charge in [0.2, 0.25) is 0 Å². The molecule has 0 saturated carbocycles. The fraction of sp³-hybridized carbons (Fsp3) is 0.375. The lowest BCUT2D eigenvalue weighted by molar-refractivity contribution is -0.140. The molecule has 0 radical (unpaired) electrons. The van der Waals surface area contributed by atoms with Crippen molar-refractivity contribution in [2.75, 3.05) is 0 Å². The second kappa shape index (κ2) is 5.11. The van der Waals surface area contributed by atoms with Crippen LogP contribution in [0, 0.1) is 3.57 Å². The van der Waals surface area contributed by atoms with Crippen LogP contribution in [0.25, 0.3) is 0 Å². The maximum absolute atomic E-state index is 12.6. The number of pyridine rings is 1. The lowest BCUT2D eigenvalue weighted by Gasteiger charge is -2.16. The Kier molecular flexibility index (Phi) is 4.49.